The third kappa shape index (κ3) is 5.07. The molecule has 0 unspecified atom stereocenters. The van der Waals surface area contributed by atoms with E-state index in [1.807, 2.05) is 0 Å². The lowest BCUT2D eigenvalue weighted by molar-refractivity contribution is -0.133. The standard InChI is InChI=1S/C15H22N4O2/c1-10(6-16)8-18-14(20)12-4-3-5-13(12)15(21)19-9-11(2)7-17/h10-13H,3-5,8-9H2,1-2H3,(H,18,20)(H,19,21)/t10-,11-,12-,13+/m1/s1. The Morgan fingerprint density at radius 1 is 1.00 bits per heavy atom. The van der Waals surface area contributed by atoms with Crippen LogP contribution >= 0.6 is 0 Å². The van der Waals surface area contributed by atoms with Crippen LogP contribution in [0.25, 0.3) is 0 Å². The monoisotopic (exact) mass is 290 g/mol. The number of carbonyl (C=O) groups is 2. The Balaban J connectivity index is 2.51. The molecular formula is C15H22N4O2. The minimum Gasteiger partial charge on any atom is -0.355 e. The van der Waals surface area contributed by atoms with Crippen molar-refractivity contribution in [2.45, 2.75) is 33.1 Å². The van der Waals surface area contributed by atoms with E-state index in [0.717, 1.165) is 6.42 Å². The normalized spacial score (nSPS) is 23.4. The van der Waals surface area contributed by atoms with Crippen molar-refractivity contribution in [3.63, 3.8) is 0 Å². The lowest BCUT2D eigenvalue weighted by Gasteiger charge is -2.19. The lowest BCUT2D eigenvalue weighted by atomic mass is 9.94. The van der Waals surface area contributed by atoms with Gasteiger partial charge in [-0.15, -0.1) is 0 Å². The van der Waals surface area contributed by atoms with Gasteiger partial charge in [-0.05, 0) is 26.7 Å². The summed E-state index contributed by atoms with van der Waals surface area (Å²) >= 11 is 0. The molecule has 6 nitrogen and oxygen atoms in total. The molecule has 1 fully saturated rings. The molecule has 0 aromatic carbocycles. The van der Waals surface area contributed by atoms with Crippen molar-refractivity contribution in [3.8, 4) is 12.1 Å². The van der Waals surface area contributed by atoms with Crippen molar-refractivity contribution < 1.29 is 9.59 Å². The Bertz CT molecular complexity index is 421. The van der Waals surface area contributed by atoms with Gasteiger partial charge >= 0.3 is 0 Å². The van der Waals surface area contributed by atoms with E-state index in [-0.39, 0.29) is 35.5 Å². The molecule has 0 aromatic heterocycles. The molecule has 21 heavy (non-hydrogen) atoms. The Kier molecular flexibility index (Phi) is 6.68. The minimum absolute atomic E-state index is 0.150. The molecule has 0 heterocycles. The maximum Gasteiger partial charge on any atom is 0.223 e. The van der Waals surface area contributed by atoms with Gasteiger partial charge in [0, 0.05) is 24.9 Å². The number of hydrogen-bond acceptors (Lipinski definition) is 4. The summed E-state index contributed by atoms with van der Waals surface area (Å²) in [6.07, 6.45) is 2.23. The first-order valence-electron chi connectivity index (χ1n) is 7.34. The highest BCUT2D eigenvalue weighted by Gasteiger charge is 2.37. The average molecular weight is 290 g/mol. The smallest absolute Gasteiger partial charge is 0.223 e. The number of amides is 2. The van der Waals surface area contributed by atoms with E-state index in [4.69, 9.17) is 10.5 Å². The highest BCUT2D eigenvalue weighted by Crippen LogP contribution is 2.32. The van der Waals surface area contributed by atoms with Crippen LogP contribution in [0.3, 0.4) is 0 Å². The van der Waals surface area contributed by atoms with Crippen molar-refractivity contribution in [1.29, 1.82) is 10.5 Å². The molecule has 0 saturated heterocycles. The average Bonchev–Trinajstić information content (AvgIpc) is 2.98. The van der Waals surface area contributed by atoms with Gasteiger partial charge in [0.2, 0.25) is 11.8 Å². The van der Waals surface area contributed by atoms with Gasteiger partial charge in [0.1, 0.15) is 0 Å². The van der Waals surface area contributed by atoms with Gasteiger partial charge in [-0.2, -0.15) is 10.5 Å². The van der Waals surface area contributed by atoms with Crippen molar-refractivity contribution in [2.24, 2.45) is 23.7 Å². The summed E-state index contributed by atoms with van der Waals surface area (Å²) in [5, 5.41) is 22.9. The van der Waals surface area contributed by atoms with Gasteiger partial charge in [0.05, 0.1) is 24.0 Å². The lowest BCUT2D eigenvalue weighted by Crippen LogP contribution is -2.41. The molecule has 1 aliphatic rings. The second-order valence-corrected chi connectivity index (χ2v) is 5.69. The first kappa shape index (κ1) is 17.0. The summed E-state index contributed by atoms with van der Waals surface area (Å²) in [5.74, 6) is -1.43. The van der Waals surface area contributed by atoms with E-state index in [0.29, 0.717) is 25.9 Å². The number of rotatable bonds is 6. The molecule has 1 saturated carbocycles. The van der Waals surface area contributed by atoms with E-state index in [1.165, 1.54) is 0 Å². The number of nitrogens with zero attached hydrogens (tertiary/aromatic N) is 2. The Hall–Kier alpha value is -2.08. The van der Waals surface area contributed by atoms with Crippen LogP contribution < -0.4 is 10.6 Å². The van der Waals surface area contributed by atoms with Crippen molar-refractivity contribution in [2.75, 3.05) is 13.1 Å². The third-order valence-electron chi connectivity index (χ3n) is 3.80. The molecule has 2 N–H and O–H groups in total. The second-order valence-electron chi connectivity index (χ2n) is 5.69. The molecule has 114 valence electrons. The third-order valence-corrected chi connectivity index (χ3v) is 3.80. The predicted molar refractivity (Wildman–Crippen MR) is 76.4 cm³/mol. The van der Waals surface area contributed by atoms with Crippen molar-refractivity contribution >= 4 is 11.8 Å². The molecule has 2 amide bonds. The van der Waals surface area contributed by atoms with Crippen LogP contribution in [0.1, 0.15) is 33.1 Å². The maximum absolute atomic E-state index is 12.1. The first-order chi connectivity index (χ1) is 9.99. The maximum atomic E-state index is 12.1. The summed E-state index contributed by atoms with van der Waals surface area (Å²) in [6.45, 7) is 4.10. The largest absolute Gasteiger partial charge is 0.355 e. The van der Waals surface area contributed by atoms with Gasteiger partial charge in [-0.3, -0.25) is 9.59 Å². The number of carbonyl (C=O) groups excluding carboxylic acids is 2. The highest BCUT2D eigenvalue weighted by atomic mass is 16.2. The van der Waals surface area contributed by atoms with E-state index in [1.54, 1.807) is 13.8 Å². The van der Waals surface area contributed by atoms with Crippen LogP contribution in [-0.2, 0) is 9.59 Å². The van der Waals surface area contributed by atoms with E-state index in [9.17, 15) is 9.59 Å². The molecule has 1 rings (SSSR count). The Morgan fingerprint density at radius 3 is 1.71 bits per heavy atom. The molecular weight excluding hydrogens is 268 g/mol. The fraction of sp³-hybridized carbons (Fsp3) is 0.733. The molecule has 1 aliphatic carbocycles. The molecule has 0 aliphatic heterocycles. The number of hydrogen-bond donors (Lipinski definition) is 2. The number of nitrogens with one attached hydrogen (secondary N) is 2. The van der Waals surface area contributed by atoms with Crippen LogP contribution in [0, 0.1) is 46.3 Å². The molecule has 0 radical (unpaired) electrons. The van der Waals surface area contributed by atoms with Gasteiger partial charge in [0.15, 0.2) is 0 Å². The van der Waals surface area contributed by atoms with E-state index in [2.05, 4.69) is 22.8 Å². The molecule has 0 spiro atoms. The number of nitriles is 2. The van der Waals surface area contributed by atoms with E-state index >= 15 is 0 Å². The summed E-state index contributed by atoms with van der Waals surface area (Å²) in [6, 6.07) is 4.12. The van der Waals surface area contributed by atoms with Crippen LogP contribution in [0.4, 0.5) is 0 Å². The highest BCUT2D eigenvalue weighted by molar-refractivity contribution is 5.88. The topological polar surface area (TPSA) is 106 Å². The summed E-state index contributed by atoms with van der Waals surface area (Å²) in [7, 11) is 0. The van der Waals surface area contributed by atoms with Crippen LogP contribution in [0.2, 0.25) is 0 Å². The van der Waals surface area contributed by atoms with Crippen LogP contribution in [-0.4, -0.2) is 24.9 Å². The fourth-order valence-electron chi connectivity index (χ4n) is 2.45. The van der Waals surface area contributed by atoms with E-state index < -0.39 is 0 Å². The Labute approximate surface area is 125 Å². The van der Waals surface area contributed by atoms with Gasteiger partial charge in [0.25, 0.3) is 0 Å². The van der Waals surface area contributed by atoms with Crippen molar-refractivity contribution in [3.05, 3.63) is 0 Å². The molecule has 0 aromatic rings. The molecule has 0 bridgehead atoms. The zero-order valence-electron chi connectivity index (χ0n) is 12.6. The molecule has 4 atom stereocenters. The first-order valence-corrected chi connectivity index (χ1v) is 7.34. The quantitative estimate of drug-likeness (QED) is 0.759. The zero-order valence-corrected chi connectivity index (χ0v) is 12.6. The second kappa shape index (κ2) is 8.26. The van der Waals surface area contributed by atoms with Crippen molar-refractivity contribution in [1.82, 2.24) is 10.6 Å². The summed E-state index contributed by atoms with van der Waals surface area (Å²) in [5.41, 5.74) is 0. The van der Waals surface area contributed by atoms with Gasteiger partial charge in [-0.1, -0.05) is 6.42 Å². The van der Waals surface area contributed by atoms with Gasteiger partial charge < -0.3 is 10.6 Å². The molecule has 6 heteroatoms. The summed E-state index contributed by atoms with van der Waals surface area (Å²) < 4.78 is 0. The zero-order chi connectivity index (χ0) is 15.8. The Morgan fingerprint density at radius 2 is 1.38 bits per heavy atom. The SMILES string of the molecule is C[C@H](C#N)CNC(=O)[C@H]1CCC[C@H]1C(=O)NC[C@H](C)C#N. The van der Waals surface area contributed by atoms with Crippen LogP contribution in [0.5, 0.6) is 0 Å². The fourth-order valence-corrected chi connectivity index (χ4v) is 2.45. The van der Waals surface area contributed by atoms with Crippen LogP contribution in [0.15, 0.2) is 0 Å². The summed E-state index contributed by atoms with van der Waals surface area (Å²) in [4.78, 5) is 24.2. The predicted octanol–water partition coefficient (Wildman–Crippen LogP) is 0.954. The van der Waals surface area contributed by atoms with Gasteiger partial charge in [-0.25, -0.2) is 0 Å². The minimum atomic E-state index is -0.326.